The van der Waals surface area contributed by atoms with Gasteiger partial charge in [-0.2, -0.15) is 5.10 Å². The Balaban J connectivity index is 2.07. The van der Waals surface area contributed by atoms with E-state index in [0.717, 1.165) is 27.6 Å². The minimum Gasteiger partial charge on any atom is -0.372 e. The smallest absolute Gasteiger partial charge is 0.153 e. The topological polar surface area (TPSA) is 55.6 Å². The fourth-order valence-corrected chi connectivity index (χ4v) is 3.46. The van der Waals surface area contributed by atoms with Crippen molar-refractivity contribution in [3.63, 3.8) is 0 Å². The minimum absolute atomic E-state index is 0.508. The summed E-state index contributed by atoms with van der Waals surface area (Å²) >= 11 is 7.73. The number of hydrogen-bond acceptors (Lipinski definition) is 5. The van der Waals surface area contributed by atoms with Gasteiger partial charge >= 0.3 is 0 Å². The Kier molecular flexibility index (Phi) is 3.59. The van der Waals surface area contributed by atoms with E-state index in [1.807, 2.05) is 14.0 Å². The molecule has 1 N–H and O–H groups in total. The van der Waals surface area contributed by atoms with Gasteiger partial charge in [0, 0.05) is 18.1 Å². The number of thiophene rings is 1. The Morgan fingerprint density at radius 3 is 2.67 bits per heavy atom. The van der Waals surface area contributed by atoms with Gasteiger partial charge in [-0.3, -0.25) is 4.68 Å². The zero-order chi connectivity index (χ0) is 15.1. The molecule has 5 nitrogen and oxygen atoms in total. The molecule has 0 amide bonds. The van der Waals surface area contributed by atoms with Crippen LogP contribution in [0.25, 0.3) is 10.2 Å². The molecule has 3 rings (SSSR count). The first kappa shape index (κ1) is 14.3. The molecule has 0 aromatic carbocycles. The molecule has 0 spiro atoms. The van der Waals surface area contributed by atoms with Crippen LogP contribution in [0.4, 0.5) is 5.82 Å². The lowest BCUT2D eigenvalue weighted by molar-refractivity contribution is 0.653. The van der Waals surface area contributed by atoms with Gasteiger partial charge in [0.05, 0.1) is 16.1 Å². The molecule has 0 radical (unpaired) electrons. The van der Waals surface area contributed by atoms with Gasteiger partial charge in [-0.15, -0.1) is 11.3 Å². The van der Waals surface area contributed by atoms with Crippen molar-refractivity contribution in [1.29, 1.82) is 0 Å². The number of halogens is 1. The first-order valence-electron chi connectivity index (χ1n) is 6.63. The van der Waals surface area contributed by atoms with Crippen molar-refractivity contribution < 1.29 is 0 Å². The number of aryl methyl sites for hydroxylation is 3. The van der Waals surface area contributed by atoms with Crippen molar-refractivity contribution in [3.8, 4) is 0 Å². The molecule has 0 aliphatic heterocycles. The number of rotatable bonds is 3. The molecule has 0 bridgehead atoms. The fraction of sp³-hybridized carbons (Fsp3) is 0.357. The Morgan fingerprint density at radius 2 is 2.05 bits per heavy atom. The van der Waals surface area contributed by atoms with E-state index in [1.165, 1.54) is 10.4 Å². The molecule has 3 heterocycles. The maximum atomic E-state index is 6.04. The first-order chi connectivity index (χ1) is 9.99. The van der Waals surface area contributed by atoms with Crippen LogP contribution < -0.4 is 5.32 Å². The summed E-state index contributed by atoms with van der Waals surface area (Å²) in [5.74, 6) is 1.60. The number of nitrogens with one attached hydrogen (secondary N) is 1. The van der Waals surface area contributed by atoms with E-state index in [2.05, 4.69) is 34.2 Å². The van der Waals surface area contributed by atoms with E-state index < -0.39 is 0 Å². The van der Waals surface area contributed by atoms with Crippen LogP contribution in [-0.2, 0) is 6.54 Å². The molecule has 110 valence electrons. The van der Waals surface area contributed by atoms with Crippen molar-refractivity contribution in [3.05, 3.63) is 33.2 Å². The minimum atomic E-state index is 0.508. The van der Waals surface area contributed by atoms with Crippen molar-refractivity contribution in [2.75, 3.05) is 12.4 Å². The summed E-state index contributed by atoms with van der Waals surface area (Å²) in [5.41, 5.74) is 2.05. The largest absolute Gasteiger partial charge is 0.372 e. The standard InChI is InChI=1S/C14H16ClN5S/c1-7-9(3)21-14-12(7)13(16-4)17-11(18-14)6-20-5-10(15)8(2)19-20/h5H,6H2,1-4H3,(H,16,17,18). The van der Waals surface area contributed by atoms with Crippen LogP contribution in [0, 0.1) is 20.8 Å². The molecule has 0 unspecified atom stereocenters. The molecule has 0 saturated heterocycles. The maximum absolute atomic E-state index is 6.04. The van der Waals surface area contributed by atoms with Crippen LogP contribution in [0.2, 0.25) is 5.02 Å². The number of fused-ring (bicyclic) bond motifs is 1. The number of aromatic nitrogens is 4. The van der Waals surface area contributed by atoms with Gasteiger partial charge in [-0.1, -0.05) is 11.6 Å². The summed E-state index contributed by atoms with van der Waals surface area (Å²) in [6.45, 7) is 6.61. The fourth-order valence-electron chi connectivity index (χ4n) is 2.26. The highest BCUT2D eigenvalue weighted by molar-refractivity contribution is 7.18. The molecule has 7 heteroatoms. The summed E-state index contributed by atoms with van der Waals surface area (Å²) in [7, 11) is 1.88. The molecule has 3 aromatic heterocycles. The molecule has 0 aliphatic carbocycles. The van der Waals surface area contributed by atoms with E-state index in [-0.39, 0.29) is 0 Å². The summed E-state index contributed by atoms with van der Waals surface area (Å²) < 4.78 is 1.77. The molecule has 21 heavy (non-hydrogen) atoms. The highest BCUT2D eigenvalue weighted by atomic mass is 35.5. The van der Waals surface area contributed by atoms with Gasteiger partial charge in [-0.25, -0.2) is 9.97 Å². The SMILES string of the molecule is CNc1nc(Cn2cc(Cl)c(C)n2)nc2sc(C)c(C)c12. The summed E-state index contributed by atoms with van der Waals surface area (Å²) in [4.78, 5) is 11.5. The highest BCUT2D eigenvalue weighted by Gasteiger charge is 2.14. The second kappa shape index (κ2) is 5.27. The van der Waals surface area contributed by atoms with Crippen LogP contribution in [0.3, 0.4) is 0 Å². The Labute approximate surface area is 132 Å². The predicted octanol–water partition coefficient (Wildman–Crippen LogP) is 3.56. The lowest BCUT2D eigenvalue weighted by atomic mass is 10.2. The average Bonchev–Trinajstić information content (AvgIpc) is 2.90. The Morgan fingerprint density at radius 1 is 1.29 bits per heavy atom. The lowest BCUT2D eigenvalue weighted by Gasteiger charge is -2.06. The Hall–Kier alpha value is -1.66. The summed E-state index contributed by atoms with van der Waals surface area (Å²) in [5, 5.41) is 9.29. The molecule has 0 fully saturated rings. The van der Waals surface area contributed by atoms with E-state index in [1.54, 1.807) is 22.2 Å². The molecular weight excluding hydrogens is 306 g/mol. The monoisotopic (exact) mass is 321 g/mol. The second-order valence-corrected chi connectivity index (χ2v) is 6.57. The molecule has 0 aliphatic rings. The number of nitrogens with zero attached hydrogens (tertiary/aromatic N) is 4. The quantitative estimate of drug-likeness (QED) is 0.801. The van der Waals surface area contributed by atoms with Gasteiger partial charge in [0.25, 0.3) is 0 Å². The van der Waals surface area contributed by atoms with Gasteiger partial charge in [0.1, 0.15) is 17.2 Å². The van der Waals surface area contributed by atoms with E-state index in [9.17, 15) is 0 Å². The highest BCUT2D eigenvalue weighted by Crippen LogP contribution is 2.33. The number of anilines is 1. The lowest BCUT2D eigenvalue weighted by Crippen LogP contribution is -2.07. The normalized spacial score (nSPS) is 11.3. The third kappa shape index (κ3) is 2.49. The van der Waals surface area contributed by atoms with E-state index in [0.29, 0.717) is 11.6 Å². The molecule has 3 aromatic rings. The van der Waals surface area contributed by atoms with Gasteiger partial charge in [-0.05, 0) is 26.3 Å². The molecule has 0 atom stereocenters. The van der Waals surface area contributed by atoms with Gasteiger partial charge in [0.15, 0.2) is 5.82 Å². The van der Waals surface area contributed by atoms with Crippen LogP contribution in [0.1, 0.15) is 22.0 Å². The van der Waals surface area contributed by atoms with Crippen LogP contribution in [0.5, 0.6) is 0 Å². The predicted molar refractivity (Wildman–Crippen MR) is 87.5 cm³/mol. The van der Waals surface area contributed by atoms with Gasteiger partial charge in [0.2, 0.25) is 0 Å². The van der Waals surface area contributed by atoms with Crippen LogP contribution in [0.15, 0.2) is 6.20 Å². The third-order valence-electron chi connectivity index (χ3n) is 3.50. The average molecular weight is 322 g/mol. The maximum Gasteiger partial charge on any atom is 0.153 e. The van der Waals surface area contributed by atoms with Gasteiger partial charge < -0.3 is 5.32 Å². The van der Waals surface area contributed by atoms with Crippen molar-refractivity contribution in [1.82, 2.24) is 19.7 Å². The van der Waals surface area contributed by atoms with Crippen LogP contribution >= 0.6 is 22.9 Å². The van der Waals surface area contributed by atoms with Crippen molar-refractivity contribution >= 4 is 39.0 Å². The molecular formula is C14H16ClN5S. The van der Waals surface area contributed by atoms with Crippen LogP contribution in [-0.4, -0.2) is 26.8 Å². The van der Waals surface area contributed by atoms with Crippen molar-refractivity contribution in [2.24, 2.45) is 0 Å². The van der Waals surface area contributed by atoms with Crippen molar-refractivity contribution in [2.45, 2.75) is 27.3 Å². The number of hydrogen-bond donors (Lipinski definition) is 1. The third-order valence-corrected chi connectivity index (χ3v) is 4.97. The second-order valence-electron chi connectivity index (χ2n) is 4.96. The zero-order valence-electron chi connectivity index (χ0n) is 12.4. The Bertz CT molecular complexity index is 801. The molecule has 0 saturated carbocycles. The van der Waals surface area contributed by atoms with E-state index >= 15 is 0 Å². The first-order valence-corrected chi connectivity index (χ1v) is 7.83. The van der Waals surface area contributed by atoms with E-state index in [4.69, 9.17) is 11.6 Å². The summed E-state index contributed by atoms with van der Waals surface area (Å²) in [6.07, 6.45) is 1.80. The zero-order valence-corrected chi connectivity index (χ0v) is 13.9. The summed E-state index contributed by atoms with van der Waals surface area (Å²) in [6, 6.07) is 0.